The first-order chi connectivity index (χ1) is 16.5. The molecule has 1 heterocycles. The monoisotopic (exact) mass is 536 g/mol. The second-order valence-electron chi connectivity index (χ2n) is 9.02. The smallest absolute Gasteiger partial charge is 0.385 e. The van der Waals surface area contributed by atoms with Crippen molar-refractivity contribution in [2.24, 2.45) is 0 Å². The first-order valence-corrected chi connectivity index (χ1v) is 15.6. The fraction of sp³-hybridized carbons (Fsp3) is 0.500. The second kappa shape index (κ2) is 11.4. The van der Waals surface area contributed by atoms with Crippen LogP contribution in [-0.4, -0.2) is 35.7 Å². The van der Waals surface area contributed by atoms with Gasteiger partial charge in [0.15, 0.2) is 11.6 Å². The van der Waals surface area contributed by atoms with Crippen molar-refractivity contribution in [3.05, 3.63) is 59.7 Å². The Morgan fingerprint density at radius 2 is 1.57 bits per heavy atom. The lowest BCUT2D eigenvalue weighted by atomic mass is 9.93. The minimum atomic E-state index is -6.18. The summed E-state index contributed by atoms with van der Waals surface area (Å²) in [6.07, 6.45) is 4.53. The summed E-state index contributed by atoms with van der Waals surface area (Å²) >= 11 is 0. The van der Waals surface area contributed by atoms with Crippen LogP contribution in [0.3, 0.4) is 0 Å². The Labute approximate surface area is 203 Å². The molecule has 0 spiro atoms. The summed E-state index contributed by atoms with van der Waals surface area (Å²) in [5, 5.41) is 1.36. The third-order valence-corrected chi connectivity index (χ3v) is 13.1. The molecule has 0 aromatic heterocycles. The Kier molecular flexibility index (Phi) is 8.98. The van der Waals surface area contributed by atoms with Crippen LogP contribution in [0.1, 0.15) is 43.6 Å². The van der Waals surface area contributed by atoms with Crippen LogP contribution in [0.4, 0.5) is 22.0 Å². The van der Waals surface area contributed by atoms with E-state index in [9.17, 15) is 30.4 Å². The average Bonchev–Trinajstić information content (AvgIpc) is 2.81. The Balaban J connectivity index is 1.75. The van der Waals surface area contributed by atoms with Gasteiger partial charge in [0.25, 0.3) is 0 Å². The van der Waals surface area contributed by atoms with Crippen molar-refractivity contribution in [2.75, 3.05) is 13.7 Å². The van der Waals surface area contributed by atoms with E-state index in [1.165, 1.54) is 5.19 Å². The minimum absolute atomic E-state index is 0.176. The number of halogens is 5. The Morgan fingerprint density at radius 1 is 0.971 bits per heavy atom. The lowest BCUT2D eigenvalue weighted by molar-refractivity contribution is -0.0501. The van der Waals surface area contributed by atoms with Crippen LogP contribution in [0.2, 0.25) is 18.1 Å². The zero-order valence-corrected chi connectivity index (χ0v) is 21.2. The van der Waals surface area contributed by atoms with Crippen molar-refractivity contribution >= 4 is 23.4 Å². The van der Waals surface area contributed by atoms with Gasteiger partial charge >= 0.3 is 15.6 Å². The van der Waals surface area contributed by atoms with E-state index in [-0.39, 0.29) is 5.92 Å². The van der Waals surface area contributed by atoms with Crippen LogP contribution >= 0.6 is 0 Å². The standard InChI is InChI=1S/C24H29F5O4SSi/c1-32-12-6-3-7-13-35(20-8-4-2-5-9-20)14-10-18(11-15-35)19-16-21(25)23(22(26)17-19)33-34(30,31)24(27,28)29/h2,4-5,8-9,16-18H,3,6-7,10-15H2,1H3. The molecule has 4 nitrogen and oxygen atoms in total. The summed E-state index contributed by atoms with van der Waals surface area (Å²) in [5.41, 5.74) is -5.49. The van der Waals surface area contributed by atoms with Crippen LogP contribution in [0, 0.1) is 11.6 Å². The molecule has 2 aromatic carbocycles. The third kappa shape index (κ3) is 6.62. The van der Waals surface area contributed by atoms with Crippen molar-refractivity contribution in [1.82, 2.24) is 0 Å². The molecule has 0 radical (unpaired) electrons. The lowest BCUT2D eigenvalue weighted by Crippen LogP contribution is -2.49. The van der Waals surface area contributed by atoms with E-state index in [2.05, 4.69) is 16.3 Å². The second-order valence-corrected chi connectivity index (χ2v) is 15.2. The van der Waals surface area contributed by atoms with Gasteiger partial charge in [0, 0.05) is 13.7 Å². The predicted octanol–water partition coefficient (Wildman–Crippen LogP) is 6.24. The highest BCUT2D eigenvalue weighted by Gasteiger charge is 2.49. The van der Waals surface area contributed by atoms with Gasteiger partial charge in [-0.3, -0.25) is 0 Å². The SMILES string of the molecule is COCCCCC[Si]1(c2ccccc2)CCC(c2cc(F)c(OS(=O)(=O)C(F)(F)F)c(F)c2)CC1. The van der Waals surface area contributed by atoms with Gasteiger partial charge in [-0.25, -0.2) is 8.78 Å². The van der Waals surface area contributed by atoms with Crippen LogP contribution in [-0.2, 0) is 14.9 Å². The third-order valence-electron chi connectivity index (χ3n) is 6.80. The normalized spacial score (nSPS) is 21.1. The first kappa shape index (κ1) is 27.6. The first-order valence-electron chi connectivity index (χ1n) is 11.5. The number of unbranched alkanes of at least 4 members (excludes halogenated alkanes) is 2. The number of methoxy groups -OCH3 is 1. The van der Waals surface area contributed by atoms with E-state index in [0.29, 0.717) is 18.4 Å². The Hall–Kier alpha value is -1.98. The Morgan fingerprint density at radius 3 is 2.11 bits per heavy atom. The molecule has 0 unspecified atom stereocenters. The van der Waals surface area contributed by atoms with Gasteiger partial charge in [-0.1, -0.05) is 66.5 Å². The van der Waals surface area contributed by atoms with E-state index < -0.39 is 41.1 Å². The molecular formula is C24H29F5O4SSi. The van der Waals surface area contributed by atoms with E-state index >= 15 is 0 Å². The molecular weight excluding hydrogens is 507 g/mol. The van der Waals surface area contributed by atoms with E-state index in [4.69, 9.17) is 4.74 Å². The molecule has 0 atom stereocenters. The molecule has 35 heavy (non-hydrogen) atoms. The molecule has 1 saturated heterocycles. The zero-order valence-electron chi connectivity index (χ0n) is 19.4. The van der Waals surface area contributed by atoms with Gasteiger partial charge in [-0.15, -0.1) is 0 Å². The largest absolute Gasteiger partial charge is 0.534 e. The van der Waals surface area contributed by atoms with Crippen molar-refractivity contribution in [1.29, 1.82) is 0 Å². The van der Waals surface area contributed by atoms with E-state index in [1.54, 1.807) is 7.11 Å². The maximum absolute atomic E-state index is 14.5. The maximum Gasteiger partial charge on any atom is 0.534 e. The molecule has 0 aliphatic carbocycles. The fourth-order valence-electron chi connectivity index (χ4n) is 4.92. The quantitative estimate of drug-likeness (QED) is 0.119. The summed E-state index contributed by atoms with van der Waals surface area (Å²) in [5.74, 6) is -4.68. The lowest BCUT2D eigenvalue weighted by Gasteiger charge is -2.39. The van der Waals surface area contributed by atoms with Gasteiger partial charge in [0.2, 0.25) is 5.75 Å². The van der Waals surface area contributed by atoms with Crippen LogP contribution in [0.5, 0.6) is 5.75 Å². The zero-order chi connectivity index (χ0) is 25.7. The molecule has 11 heteroatoms. The summed E-state index contributed by atoms with van der Waals surface area (Å²) in [6, 6.07) is 15.1. The highest BCUT2D eigenvalue weighted by molar-refractivity contribution is 7.88. The molecule has 0 bridgehead atoms. The highest BCUT2D eigenvalue weighted by atomic mass is 32.2. The molecule has 2 aromatic rings. The maximum atomic E-state index is 14.5. The Bertz CT molecular complexity index is 1060. The summed E-state index contributed by atoms with van der Waals surface area (Å²) in [4.78, 5) is 0. The van der Waals surface area contributed by atoms with Crippen LogP contribution in [0.15, 0.2) is 42.5 Å². The molecule has 0 amide bonds. The van der Waals surface area contributed by atoms with Crippen molar-refractivity contribution < 1.29 is 39.3 Å². The van der Waals surface area contributed by atoms with Gasteiger partial charge in [0.1, 0.15) is 0 Å². The van der Waals surface area contributed by atoms with Crippen molar-refractivity contribution in [2.45, 2.75) is 61.7 Å². The van der Waals surface area contributed by atoms with E-state index in [1.807, 2.05) is 18.2 Å². The number of ether oxygens (including phenoxy) is 1. The summed E-state index contributed by atoms with van der Waals surface area (Å²) in [7, 11) is -6.34. The summed E-state index contributed by atoms with van der Waals surface area (Å²) < 4.78 is 97.8. The fourth-order valence-corrected chi connectivity index (χ4v) is 10.6. The van der Waals surface area contributed by atoms with Gasteiger partial charge in [-0.05, 0) is 42.9 Å². The van der Waals surface area contributed by atoms with Gasteiger partial charge < -0.3 is 8.92 Å². The molecule has 194 valence electrons. The van der Waals surface area contributed by atoms with Crippen LogP contribution in [0.25, 0.3) is 0 Å². The van der Waals surface area contributed by atoms with Crippen LogP contribution < -0.4 is 9.37 Å². The van der Waals surface area contributed by atoms with Crippen molar-refractivity contribution in [3.63, 3.8) is 0 Å². The molecule has 0 N–H and O–H groups in total. The molecule has 1 aliphatic rings. The molecule has 1 aliphatic heterocycles. The molecule has 3 rings (SSSR count). The summed E-state index contributed by atoms with van der Waals surface area (Å²) in [6.45, 7) is 0.725. The van der Waals surface area contributed by atoms with Crippen molar-refractivity contribution in [3.8, 4) is 5.75 Å². The highest BCUT2D eigenvalue weighted by Crippen LogP contribution is 2.42. The molecule has 1 fully saturated rings. The van der Waals surface area contributed by atoms with E-state index in [0.717, 1.165) is 56.1 Å². The average molecular weight is 537 g/mol. The number of benzene rings is 2. The predicted molar refractivity (Wildman–Crippen MR) is 126 cm³/mol. The number of rotatable bonds is 10. The molecule has 0 saturated carbocycles. The topological polar surface area (TPSA) is 52.6 Å². The number of hydrogen-bond donors (Lipinski definition) is 0. The number of hydrogen-bond acceptors (Lipinski definition) is 4. The number of alkyl halides is 3. The van der Waals surface area contributed by atoms with Gasteiger partial charge in [0.05, 0.1) is 8.07 Å². The van der Waals surface area contributed by atoms with Gasteiger partial charge in [-0.2, -0.15) is 21.6 Å². The minimum Gasteiger partial charge on any atom is -0.385 e.